The Kier molecular flexibility index (Phi) is 4.02. The lowest BCUT2D eigenvalue weighted by molar-refractivity contribution is -0.141. The van der Waals surface area contributed by atoms with Crippen LogP contribution in [-0.2, 0) is 4.79 Å². The average molecular weight is 220 g/mol. The van der Waals surface area contributed by atoms with Crippen molar-refractivity contribution in [3.63, 3.8) is 0 Å². The maximum absolute atomic E-state index is 12.8. The highest BCUT2D eigenvalue weighted by molar-refractivity contribution is 5.79. The second-order valence-corrected chi connectivity index (χ2v) is 4.02. The van der Waals surface area contributed by atoms with E-state index in [0.29, 0.717) is 13.0 Å². The smallest absolute Gasteiger partial charge is 0.251 e. The zero-order chi connectivity index (χ0) is 11.5. The van der Waals surface area contributed by atoms with Crippen molar-refractivity contribution in [3.8, 4) is 0 Å². The number of likely N-dealkylation sites (tertiary alicyclic amines) is 1. The number of hydrogen-bond donors (Lipinski definition) is 1. The maximum atomic E-state index is 12.8. The fourth-order valence-electron chi connectivity index (χ4n) is 1.75. The molecule has 5 heteroatoms. The summed E-state index contributed by atoms with van der Waals surface area (Å²) in [6.45, 7) is 2.49. The van der Waals surface area contributed by atoms with Gasteiger partial charge in [0.25, 0.3) is 5.92 Å². The summed E-state index contributed by atoms with van der Waals surface area (Å²) in [5, 5.41) is 0. The van der Waals surface area contributed by atoms with Gasteiger partial charge in [-0.05, 0) is 6.42 Å². The Hall–Kier alpha value is -0.710. The molecule has 88 valence electrons. The average Bonchev–Trinajstić information content (AvgIpc) is 2.19. The van der Waals surface area contributed by atoms with E-state index < -0.39 is 5.92 Å². The number of rotatable bonds is 3. The summed E-state index contributed by atoms with van der Waals surface area (Å²) in [5.74, 6) is -2.88. The summed E-state index contributed by atoms with van der Waals surface area (Å²) in [4.78, 5) is 13.3. The Labute approximate surface area is 88.6 Å². The van der Waals surface area contributed by atoms with E-state index in [9.17, 15) is 13.6 Å². The molecule has 1 amide bonds. The van der Waals surface area contributed by atoms with Crippen LogP contribution >= 0.6 is 0 Å². The van der Waals surface area contributed by atoms with Crippen LogP contribution in [-0.4, -0.2) is 36.4 Å². The van der Waals surface area contributed by atoms with E-state index in [1.165, 1.54) is 4.90 Å². The van der Waals surface area contributed by atoms with Gasteiger partial charge in [-0.2, -0.15) is 0 Å². The van der Waals surface area contributed by atoms with E-state index in [0.717, 1.165) is 0 Å². The van der Waals surface area contributed by atoms with Gasteiger partial charge in [0.2, 0.25) is 5.91 Å². The van der Waals surface area contributed by atoms with Crippen molar-refractivity contribution in [1.82, 2.24) is 4.90 Å². The zero-order valence-corrected chi connectivity index (χ0v) is 9.01. The van der Waals surface area contributed by atoms with E-state index in [1.807, 2.05) is 6.92 Å². The normalized spacial score (nSPS) is 22.5. The number of hydrogen-bond acceptors (Lipinski definition) is 2. The Morgan fingerprint density at radius 2 is 2.00 bits per heavy atom. The Balaban J connectivity index is 2.49. The van der Waals surface area contributed by atoms with Gasteiger partial charge in [0.15, 0.2) is 0 Å². The highest BCUT2D eigenvalue weighted by atomic mass is 19.3. The van der Waals surface area contributed by atoms with Gasteiger partial charge >= 0.3 is 0 Å². The third-order valence-electron chi connectivity index (χ3n) is 2.93. The van der Waals surface area contributed by atoms with E-state index in [-0.39, 0.29) is 37.8 Å². The number of carbonyl (C=O) groups excluding carboxylic acids is 1. The standard InChI is InChI=1S/C10H18F2N2O/c1-2-8(7-13)9(15)14-5-3-10(11,12)4-6-14/h8H,2-7,13H2,1H3. The molecule has 1 atom stereocenters. The summed E-state index contributed by atoms with van der Waals surface area (Å²) in [6, 6.07) is 0. The topological polar surface area (TPSA) is 46.3 Å². The van der Waals surface area contributed by atoms with Gasteiger partial charge in [-0.1, -0.05) is 6.92 Å². The molecule has 1 rings (SSSR count). The molecule has 0 aromatic rings. The first-order valence-corrected chi connectivity index (χ1v) is 5.37. The predicted octanol–water partition coefficient (Wildman–Crippen LogP) is 1.23. The summed E-state index contributed by atoms with van der Waals surface area (Å²) < 4.78 is 25.7. The number of nitrogens with zero attached hydrogens (tertiary/aromatic N) is 1. The largest absolute Gasteiger partial charge is 0.342 e. The van der Waals surface area contributed by atoms with E-state index in [4.69, 9.17) is 5.73 Å². The number of nitrogens with two attached hydrogens (primary N) is 1. The lowest BCUT2D eigenvalue weighted by Gasteiger charge is -2.33. The van der Waals surface area contributed by atoms with E-state index in [1.54, 1.807) is 0 Å². The van der Waals surface area contributed by atoms with Crippen LogP contribution in [0.1, 0.15) is 26.2 Å². The minimum atomic E-state index is -2.60. The molecular weight excluding hydrogens is 202 g/mol. The summed E-state index contributed by atoms with van der Waals surface area (Å²) in [5.41, 5.74) is 5.45. The summed E-state index contributed by atoms with van der Waals surface area (Å²) in [6.07, 6.45) is 0.224. The van der Waals surface area contributed by atoms with E-state index >= 15 is 0 Å². The minimum absolute atomic E-state index is 0.0736. The number of carbonyl (C=O) groups is 1. The molecule has 15 heavy (non-hydrogen) atoms. The molecule has 0 spiro atoms. The van der Waals surface area contributed by atoms with Gasteiger partial charge in [0, 0.05) is 32.5 Å². The van der Waals surface area contributed by atoms with Crippen LogP contribution in [0.4, 0.5) is 8.78 Å². The summed E-state index contributed by atoms with van der Waals surface area (Å²) in [7, 11) is 0. The number of piperidine rings is 1. The minimum Gasteiger partial charge on any atom is -0.342 e. The number of alkyl halides is 2. The zero-order valence-electron chi connectivity index (χ0n) is 9.01. The van der Waals surface area contributed by atoms with Gasteiger partial charge in [0.1, 0.15) is 0 Å². The van der Waals surface area contributed by atoms with E-state index in [2.05, 4.69) is 0 Å². The van der Waals surface area contributed by atoms with Gasteiger partial charge in [-0.3, -0.25) is 4.79 Å². The fraction of sp³-hybridized carbons (Fsp3) is 0.900. The lowest BCUT2D eigenvalue weighted by Crippen LogP contribution is -2.46. The molecule has 3 nitrogen and oxygen atoms in total. The molecule has 0 aromatic carbocycles. The van der Waals surface area contributed by atoms with Gasteiger partial charge in [-0.15, -0.1) is 0 Å². The molecule has 1 unspecified atom stereocenters. The predicted molar refractivity (Wildman–Crippen MR) is 53.6 cm³/mol. The van der Waals surface area contributed by atoms with Crippen LogP contribution < -0.4 is 5.73 Å². The molecule has 0 aliphatic carbocycles. The van der Waals surface area contributed by atoms with Crippen LogP contribution in [0, 0.1) is 5.92 Å². The molecular formula is C10H18F2N2O. The maximum Gasteiger partial charge on any atom is 0.251 e. The van der Waals surface area contributed by atoms with Crippen LogP contribution in [0.5, 0.6) is 0 Å². The first kappa shape index (κ1) is 12.4. The molecule has 0 radical (unpaired) electrons. The molecule has 1 saturated heterocycles. The van der Waals surface area contributed by atoms with Crippen molar-refractivity contribution in [3.05, 3.63) is 0 Å². The first-order valence-electron chi connectivity index (χ1n) is 5.37. The van der Waals surface area contributed by atoms with Crippen molar-refractivity contribution in [1.29, 1.82) is 0 Å². The highest BCUT2D eigenvalue weighted by Gasteiger charge is 2.36. The molecule has 1 fully saturated rings. The van der Waals surface area contributed by atoms with Gasteiger partial charge in [-0.25, -0.2) is 8.78 Å². The molecule has 0 saturated carbocycles. The molecule has 2 N–H and O–H groups in total. The lowest BCUT2D eigenvalue weighted by atomic mass is 10.0. The van der Waals surface area contributed by atoms with Crippen LogP contribution in [0.3, 0.4) is 0 Å². The van der Waals surface area contributed by atoms with Crippen molar-refractivity contribution in [2.24, 2.45) is 11.7 Å². The first-order chi connectivity index (χ1) is 7.00. The highest BCUT2D eigenvalue weighted by Crippen LogP contribution is 2.28. The Morgan fingerprint density at radius 3 is 2.40 bits per heavy atom. The van der Waals surface area contributed by atoms with Crippen LogP contribution in [0.2, 0.25) is 0 Å². The molecule has 0 aromatic heterocycles. The van der Waals surface area contributed by atoms with Crippen LogP contribution in [0.25, 0.3) is 0 Å². The third kappa shape index (κ3) is 3.12. The quantitative estimate of drug-likeness (QED) is 0.777. The summed E-state index contributed by atoms with van der Waals surface area (Å²) >= 11 is 0. The Morgan fingerprint density at radius 1 is 1.47 bits per heavy atom. The van der Waals surface area contributed by atoms with Crippen molar-refractivity contribution >= 4 is 5.91 Å². The molecule has 1 heterocycles. The SMILES string of the molecule is CCC(CN)C(=O)N1CCC(F)(F)CC1. The van der Waals surface area contributed by atoms with Crippen LogP contribution in [0.15, 0.2) is 0 Å². The van der Waals surface area contributed by atoms with Gasteiger partial charge < -0.3 is 10.6 Å². The number of halogens is 2. The van der Waals surface area contributed by atoms with Crippen molar-refractivity contribution in [2.45, 2.75) is 32.1 Å². The molecule has 1 aliphatic rings. The number of amides is 1. The molecule has 0 bridgehead atoms. The van der Waals surface area contributed by atoms with Crippen molar-refractivity contribution < 1.29 is 13.6 Å². The van der Waals surface area contributed by atoms with Gasteiger partial charge in [0.05, 0.1) is 5.92 Å². The fourth-order valence-corrected chi connectivity index (χ4v) is 1.75. The second kappa shape index (κ2) is 4.88. The third-order valence-corrected chi connectivity index (χ3v) is 2.93. The Bertz CT molecular complexity index is 219. The van der Waals surface area contributed by atoms with Crippen molar-refractivity contribution in [2.75, 3.05) is 19.6 Å². The molecule has 1 aliphatic heterocycles. The monoisotopic (exact) mass is 220 g/mol. The second-order valence-electron chi connectivity index (χ2n) is 4.02.